The number of nitrogens with zero attached hydrogens (tertiary/aromatic N) is 1. The van der Waals surface area contributed by atoms with E-state index in [0.717, 1.165) is 24.1 Å². The number of aliphatic hydroxyl groups is 1. The molecule has 2 aromatic rings. The van der Waals surface area contributed by atoms with Crippen LogP contribution in [0.15, 0.2) is 42.5 Å². The average Bonchev–Trinajstić information content (AvgIpc) is 2.67. The summed E-state index contributed by atoms with van der Waals surface area (Å²) in [4.78, 5) is 12.5. The predicted molar refractivity (Wildman–Crippen MR) is 101 cm³/mol. The smallest absolute Gasteiger partial charge is 0.251 e. The normalized spacial score (nSPS) is 19.6. The lowest BCUT2D eigenvalue weighted by atomic mass is 9.94. The zero-order valence-corrected chi connectivity index (χ0v) is 15.0. The standard InChI is InChI=1S/C20H20ClN3O2/c21-18-10-15(5-6-17(18)11-22)14-3-1-4-16(9-14)19(25)24-13-20(26)7-2-8-23-12-20/h1,3-6,9-10,23,26H,2,7-8,12-13H2,(H,24,25). The first-order chi connectivity index (χ1) is 12.5. The van der Waals surface area contributed by atoms with E-state index >= 15 is 0 Å². The van der Waals surface area contributed by atoms with E-state index in [2.05, 4.69) is 10.6 Å². The summed E-state index contributed by atoms with van der Waals surface area (Å²) in [6, 6.07) is 14.4. The fourth-order valence-corrected chi connectivity index (χ4v) is 3.30. The first kappa shape index (κ1) is 18.4. The highest BCUT2D eigenvalue weighted by atomic mass is 35.5. The van der Waals surface area contributed by atoms with Crippen molar-refractivity contribution in [1.82, 2.24) is 10.6 Å². The summed E-state index contributed by atoms with van der Waals surface area (Å²) >= 11 is 6.10. The lowest BCUT2D eigenvalue weighted by Crippen LogP contribution is -2.52. The third-order valence-corrected chi connectivity index (χ3v) is 4.89. The van der Waals surface area contributed by atoms with Crippen LogP contribution in [0.4, 0.5) is 0 Å². The minimum atomic E-state index is -0.897. The topological polar surface area (TPSA) is 85.2 Å². The van der Waals surface area contributed by atoms with Crippen molar-refractivity contribution in [3.8, 4) is 17.2 Å². The van der Waals surface area contributed by atoms with Crippen LogP contribution >= 0.6 is 11.6 Å². The molecule has 3 N–H and O–H groups in total. The van der Waals surface area contributed by atoms with Crippen molar-refractivity contribution in [2.24, 2.45) is 0 Å². The van der Waals surface area contributed by atoms with Crippen LogP contribution in [0.5, 0.6) is 0 Å². The summed E-state index contributed by atoms with van der Waals surface area (Å²) in [5.74, 6) is -0.231. The Morgan fingerprint density at radius 2 is 2.12 bits per heavy atom. The van der Waals surface area contributed by atoms with E-state index in [1.807, 2.05) is 12.1 Å². The Balaban J connectivity index is 1.73. The zero-order chi connectivity index (χ0) is 18.6. The molecular weight excluding hydrogens is 350 g/mol. The molecule has 1 heterocycles. The van der Waals surface area contributed by atoms with E-state index in [9.17, 15) is 9.90 Å². The van der Waals surface area contributed by atoms with Crippen molar-refractivity contribution < 1.29 is 9.90 Å². The first-order valence-electron chi connectivity index (χ1n) is 8.52. The Labute approximate surface area is 157 Å². The van der Waals surface area contributed by atoms with Crippen molar-refractivity contribution in [3.63, 3.8) is 0 Å². The summed E-state index contributed by atoms with van der Waals surface area (Å²) < 4.78 is 0. The lowest BCUT2D eigenvalue weighted by molar-refractivity contribution is 0.0170. The van der Waals surface area contributed by atoms with Crippen LogP contribution < -0.4 is 10.6 Å². The summed E-state index contributed by atoms with van der Waals surface area (Å²) in [6.07, 6.45) is 1.56. The van der Waals surface area contributed by atoms with Crippen LogP contribution in [-0.2, 0) is 0 Å². The first-order valence-corrected chi connectivity index (χ1v) is 8.90. The molecule has 0 aromatic heterocycles. The Hall–Kier alpha value is -2.39. The van der Waals surface area contributed by atoms with Crippen molar-refractivity contribution in [2.75, 3.05) is 19.6 Å². The lowest BCUT2D eigenvalue weighted by Gasteiger charge is -2.32. The number of nitrogens with one attached hydrogen (secondary N) is 2. The molecule has 26 heavy (non-hydrogen) atoms. The number of piperidine rings is 1. The van der Waals surface area contributed by atoms with Gasteiger partial charge in [0.2, 0.25) is 0 Å². The molecule has 1 fully saturated rings. The second-order valence-corrected chi connectivity index (χ2v) is 6.98. The average molecular weight is 370 g/mol. The van der Waals surface area contributed by atoms with Gasteiger partial charge in [0.1, 0.15) is 6.07 Å². The second-order valence-electron chi connectivity index (χ2n) is 6.57. The maximum absolute atomic E-state index is 12.5. The Kier molecular flexibility index (Phi) is 5.58. The van der Waals surface area contributed by atoms with Gasteiger partial charge in [0, 0.05) is 18.7 Å². The van der Waals surface area contributed by atoms with E-state index < -0.39 is 5.60 Å². The number of β-amino-alcohol motifs (C(OH)–C–C–N with tert-alkyl or cyclic N) is 1. The maximum Gasteiger partial charge on any atom is 0.251 e. The van der Waals surface area contributed by atoms with Crippen molar-refractivity contribution in [1.29, 1.82) is 5.26 Å². The highest BCUT2D eigenvalue weighted by Crippen LogP contribution is 2.26. The third-order valence-electron chi connectivity index (χ3n) is 4.58. The maximum atomic E-state index is 12.5. The second kappa shape index (κ2) is 7.88. The fourth-order valence-electron chi connectivity index (χ4n) is 3.07. The molecule has 6 heteroatoms. The minimum absolute atomic E-state index is 0.214. The summed E-state index contributed by atoms with van der Waals surface area (Å²) in [7, 11) is 0. The van der Waals surface area contributed by atoms with E-state index in [1.165, 1.54) is 0 Å². The van der Waals surface area contributed by atoms with E-state index in [1.54, 1.807) is 36.4 Å². The Morgan fingerprint density at radius 1 is 1.31 bits per heavy atom. The largest absolute Gasteiger partial charge is 0.387 e. The monoisotopic (exact) mass is 369 g/mol. The van der Waals surface area contributed by atoms with E-state index in [-0.39, 0.29) is 12.5 Å². The molecule has 1 saturated heterocycles. The minimum Gasteiger partial charge on any atom is -0.387 e. The SMILES string of the molecule is N#Cc1ccc(-c2cccc(C(=O)NCC3(O)CCCNC3)c2)cc1Cl. The molecule has 0 radical (unpaired) electrons. The van der Waals surface area contributed by atoms with Gasteiger partial charge in [-0.05, 0) is 54.8 Å². The van der Waals surface area contributed by atoms with Gasteiger partial charge in [-0.15, -0.1) is 0 Å². The molecule has 1 amide bonds. The van der Waals surface area contributed by atoms with Gasteiger partial charge in [-0.3, -0.25) is 4.79 Å². The number of nitriles is 1. The molecule has 1 unspecified atom stereocenters. The molecule has 0 saturated carbocycles. The zero-order valence-electron chi connectivity index (χ0n) is 14.3. The number of amides is 1. The van der Waals surface area contributed by atoms with Crippen molar-refractivity contribution in [2.45, 2.75) is 18.4 Å². The van der Waals surface area contributed by atoms with Gasteiger partial charge in [0.05, 0.1) is 16.2 Å². The van der Waals surface area contributed by atoms with E-state index in [0.29, 0.717) is 29.1 Å². The van der Waals surface area contributed by atoms with Crippen LogP contribution in [0, 0.1) is 11.3 Å². The summed E-state index contributed by atoms with van der Waals surface area (Å²) in [5, 5.41) is 25.8. The number of halogens is 1. The number of hydrogen-bond acceptors (Lipinski definition) is 4. The van der Waals surface area contributed by atoms with Crippen LogP contribution in [0.3, 0.4) is 0 Å². The number of carbonyl (C=O) groups is 1. The molecule has 1 atom stereocenters. The highest BCUT2D eigenvalue weighted by Gasteiger charge is 2.29. The molecular formula is C20H20ClN3O2. The third kappa shape index (κ3) is 4.23. The summed E-state index contributed by atoms with van der Waals surface area (Å²) in [6.45, 7) is 1.59. The fraction of sp³-hybridized carbons (Fsp3) is 0.300. The van der Waals surface area contributed by atoms with Gasteiger partial charge in [0.15, 0.2) is 0 Å². The van der Waals surface area contributed by atoms with E-state index in [4.69, 9.17) is 16.9 Å². The van der Waals surface area contributed by atoms with Gasteiger partial charge >= 0.3 is 0 Å². The highest BCUT2D eigenvalue weighted by molar-refractivity contribution is 6.32. The molecule has 0 spiro atoms. The van der Waals surface area contributed by atoms with Gasteiger partial charge in [-0.1, -0.05) is 29.8 Å². The van der Waals surface area contributed by atoms with Crippen LogP contribution in [0.2, 0.25) is 5.02 Å². The van der Waals surface area contributed by atoms with Gasteiger partial charge in [-0.25, -0.2) is 0 Å². The Bertz CT molecular complexity index is 854. The van der Waals surface area contributed by atoms with Crippen molar-refractivity contribution in [3.05, 3.63) is 58.6 Å². The number of carbonyl (C=O) groups excluding carboxylic acids is 1. The molecule has 5 nitrogen and oxygen atoms in total. The van der Waals surface area contributed by atoms with Crippen LogP contribution in [0.1, 0.15) is 28.8 Å². The number of hydrogen-bond donors (Lipinski definition) is 3. The molecule has 1 aliphatic rings. The number of benzene rings is 2. The molecule has 0 aliphatic carbocycles. The summed E-state index contributed by atoms with van der Waals surface area (Å²) in [5.41, 5.74) is 1.70. The molecule has 3 rings (SSSR count). The van der Waals surface area contributed by atoms with Gasteiger partial charge in [-0.2, -0.15) is 5.26 Å². The number of rotatable bonds is 4. The van der Waals surface area contributed by atoms with Gasteiger partial charge in [0.25, 0.3) is 5.91 Å². The predicted octanol–water partition coefficient (Wildman–Crippen LogP) is 2.72. The molecule has 2 aromatic carbocycles. The Morgan fingerprint density at radius 3 is 2.81 bits per heavy atom. The quantitative estimate of drug-likeness (QED) is 0.773. The molecule has 1 aliphatic heterocycles. The molecule has 0 bridgehead atoms. The van der Waals surface area contributed by atoms with Crippen molar-refractivity contribution >= 4 is 17.5 Å². The molecule has 134 valence electrons. The van der Waals surface area contributed by atoms with Crippen LogP contribution in [-0.4, -0.2) is 36.2 Å². The van der Waals surface area contributed by atoms with Crippen LogP contribution in [0.25, 0.3) is 11.1 Å². The van der Waals surface area contributed by atoms with Gasteiger partial charge < -0.3 is 15.7 Å².